The summed E-state index contributed by atoms with van der Waals surface area (Å²) in [6.07, 6.45) is 3.06. The molecule has 1 aliphatic rings. The third kappa shape index (κ3) is 6.24. The minimum atomic E-state index is -0.666. The van der Waals surface area contributed by atoms with Gasteiger partial charge in [-0.2, -0.15) is 0 Å². The van der Waals surface area contributed by atoms with E-state index >= 15 is 0 Å². The molecule has 228 valence electrons. The van der Waals surface area contributed by atoms with E-state index in [0.29, 0.717) is 56.6 Å². The average molecular weight is 613 g/mol. The zero-order valence-corrected chi connectivity index (χ0v) is 26.4. The number of furan rings is 1. The largest absolute Gasteiger partial charge is 0.463 e. The molecule has 0 N–H and O–H groups in total. The highest BCUT2D eigenvalue weighted by Gasteiger charge is 2.34. The van der Waals surface area contributed by atoms with E-state index in [1.807, 2.05) is 37.3 Å². The number of ether oxygens (including phenoxy) is 2. The molecule has 5 rings (SSSR count). The van der Waals surface area contributed by atoms with E-state index in [1.165, 1.54) is 16.9 Å². The number of hydrogen-bond acceptors (Lipinski definition) is 8. The Balaban J connectivity index is 1.58. The van der Waals surface area contributed by atoms with Crippen LogP contribution >= 0.6 is 11.3 Å². The number of aromatic nitrogens is 1. The van der Waals surface area contributed by atoms with Crippen molar-refractivity contribution < 1.29 is 23.5 Å². The second kappa shape index (κ2) is 13.4. The molecule has 3 heterocycles. The molecular weight excluding hydrogens is 576 g/mol. The molecule has 0 fully saturated rings. The van der Waals surface area contributed by atoms with Crippen molar-refractivity contribution in [1.82, 2.24) is 4.57 Å². The molecule has 0 aliphatic carbocycles. The Hall–Kier alpha value is -4.50. The van der Waals surface area contributed by atoms with Crippen LogP contribution in [-0.4, -0.2) is 29.7 Å². The standard InChI is InChI=1S/C35H36N2O6S/c1-6-9-27-30(34(40)42-8-3)31(24-14-10-22(11-15-24)21(4)5)37-32(38)29(44-35(37)36-27)20-26-18-19-28(43-26)23-12-16-25(17-13-23)33(39)41-7-2/h10-21,31H,6-9H2,1-5H3/b29-20-/t31-/m0/s1. The first kappa shape index (κ1) is 30.9. The van der Waals surface area contributed by atoms with E-state index in [-0.39, 0.29) is 18.1 Å². The lowest BCUT2D eigenvalue weighted by molar-refractivity contribution is -0.139. The highest BCUT2D eigenvalue weighted by molar-refractivity contribution is 7.07. The van der Waals surface area contributed by atoms with Crippen LogP contribution in [0.5, 0.6) is 0 Å². The van der Waals surface area contributed by atoms with Crippen LogP contribution in [0.1, 0.15) is 86.7 Å². The summed E-state index contributed by atoms with van der Waals surface area (Å²) in [6, 6.07) is 18.0. The highest BCUT2D eigenvalue weighted by Crippen LogP contribution is 2.33. The van der Waals surface area contributed by atoms with E-state index < -0.39 is 12.0 Å². The van der Waals surface area contributed by atoms with Gasteiger partial charge < -0.3 is 13.9 Å². The second-order valence-electron chi connectivity index (χ2n) is 10.7. The van der Waals surface area contributed by atoms with Gasteiger partial charge in [-0.15, -0.1) is 0 Å². The molecule has 0 radical (unpaired) electrons. The van der Waals surface area contributed by atoms with Gasteiger partial charge in [0.25, 0.3) is 5.56 Å². The zero-order valence-electron chi connectivity index (χ0n) is 25.6. The lowest BCUT2D eigenvalue weighted by atomic mass is 9.92. The number of allylic oxidation sites excluding steroid dienone is 1. The van der Waals surface area contributed by atoms with Gasteiger partial charge in [0, 0.05) is 11.6 Å². The predicted octanol–water partition coefficient (Wildman–Crippen LogP) is 6.14. The Morgan fingerprint density at radius 1 is 0.955 bits per heavy atom. The Kier molecular flexibility index (Phi) is 9.44. The fraction of sp³-hybridized carbons (Fsp3) is 0.314. The predicted molar refractivity (Wildman–Crippen MR) is 170 cm³/mol. The third-order valence-electron chi connectivity index (χ3n) is 7.39. The van der Waals surface area contributed by atoms with E-state index in [1.54, 1.807) is 54.8 Å². The summed E-state index contributed by atoms with van der Waals surface area (Å²) in [5, 5.41) is 0. The first-order valence-corrected chi connectivity index (χ1v) is 15.8. The molecule has 9 heteroatoms. The smallest absolute Gasteiger partial charge is 0.338 e. The lowest BCUT2D eigenvalue weighted by Gasteiger charge is -2.26. The van der Waals surface area contributed by atoms with Gasteiger partial charge in [-0.05, 0) is 61.6 Å². The first-order valence-electron chi connectivity index (χ1n) is 14.9. The molecular formula is C35H36N2O6S. The molecule has 2 aromatic carbocycles. The molecule has 1 atom stereocenters. The maximum Gasteiger partial charge on any atom is 0.338 e. The molecule has 0 amide bonds. The topological polar surface area (TPSA) is 100 Å². The summed E-state index contributed by atoms with van der Waals surface area (Å²) >= 11 is 1.27. The number of thiazole rings is 1. The summed E-state index contributed by atoms with van der Waals surface area (Å²) in [7, 11) is 0. The Labute approximate surface area is 260 Å². The molecule has 0 saturated heterocycles. The Morgan fingerprint density at radius 2 is 1.64 bits per heavy atom. The van der Waals surface area contributed by atoms with Gasteiger partial charge in [0.1, 0.15) is 11.5 Å². The van der Waals surface area contributed by atoms with Crippen LogP contribution in [0.3, 0.4) is 0 Å². The molecule has 1 aliphatic heterocycles. The number of rotatable bonds is 10. The summed E-state index contributed by atoms with van der Waals surface area (Å²) in [5.74, 6) is 0.595. The summed E-state index contributed by atoms with van der Waals surface area (Å²) in [6.45, 7) is 10.3. The Morgan fingerprint density at radius 3 is 2.27 bits per heavy atom. The highest BCUT2D eigenvalue weighted by atomic mass is 32.1. The molecule has 44 heavy (non-hydrogen) atoms. The van der Waals surface area contributed by atoms with E-state index in [0.717, 1.165) is 17.5 Å². The molecule has 0 saturated carbocycles. The summed E-state index contributed by atoms with van der Waals surface area (Å²) in [4.78, 5) is 44.8. The van der Waals surface area contributed by atoms with Crippen molar-refractivity contribution in [3.05, 3.63) is 114 Å². The molecule has 0 bridgehead atoms. The fourth-order valence-electron chi connectivity index (χ4n) is 5.20. The van der Waals surface area contributed by atoms with Gasteiger partial charge in [-0.25, -0.2) is 14.6 Å². The average Bonchev–Trinajstić information content (AvgIpc) is 3.61. The molecule has 2 aromatic heterocycles. The number of fused-ring (bicyclic) bond motifs is 1. The van der Waals surface area contributed by atoms with Gasteiger partial charge >= 0.3 is 11.9 Å². The minimum absolute atomic E-state index is 0.220. The quantitative estimate of drug-likeness (QED) is 0.200. The van der Waals surface area contributed by atoms with E-state index in [4.69, 9.17) is 18.9 Å². The van der Waals surface area contributed by atoms with Gasteiger partial charge in [0.2, 0.25) is 0 Å². The van der Waals surface area contributed by atoms with E-state index in [9.17, 15) is 14.4 Å². The van der Waals surface area contributed by atoms with Crippen molar-refractivity contribution in [2.24, 2.45) is 4.99 Å². The molecule has 8 nitrogen and oxygen atoms in total. The van der Waals surface area contributed by atoms with Crippen molar-refractivity contribution in [3.63, 3.8) is 0 Å². The van der Waals surface area contributed by atoms with Crippen LogP contribution in [-0.2, 0) is 14.3 Å². The maximum absolute atomic E-state index is 14.0. The van der Waals surface area contributed by atoms with Crippen molar-refractivity contribution in [3.8, 4) is 11.3 Å². The molecule has 4 aromatic rings. The minimum Gasteiger partial charge on any atom is -0.463 e. The van der Waals surface area contributed by atoms with Crippen LogP contribution in [0, 0.1) is 0 Å². The fourth-order valence-corrected chi connectivity index (χ4v) is 6.20. The second-order valence-corrected chi connectivity index (χ2v) is 11.7. The number of hydrogen-bond donors (Lipinski definition) is 0. The third-order valence-corrected chi connectivity index (χ3v) is 8.37. The summed E-state index contributed by atoms with van der Waals surface area (Å²) in [5.41, 5.74) is 4.01. The van der Waals surface area contributed by atoms with Crippen LogP contribution < -0.4 is 14.9 Å². The van der Waals surface area contributed by atoms with Crippen molar-refractivity contribution in [2.75, 3.05) is 13.2 Å². The number of carbonyl (C=O) groups excluding carboxylic acids is 2. The number of esters is 2. The van der Waals surface area contributed by atoms with Crippen molar-refractivity contribution in [1.29, 1.82) is 0 Å². The van der Waals surface area contributed by atoms with Gasteiger partial charge in [-0.3, -0.25) is 9.36 Å². The van der Waals surface area contributed by atoms with Crippen LogP contribution in [0.4, 0.5) is 0 Å². The molecule has 0 unspecified atom stereocenters. The first-order chi connectivity index (χ1) is 21.2. The molecule has 0 spiro atoms. The maximum atomic E-state index is 14.0. The van der Waals surface area contributed by atoms with Crippen LogP contribution in [0.2, 0.25) is 0 Å². The van der Waals surface area contributed by atoms with Crippen molar-refractivity contribution >= 4 is 29.4 Å². The summed E-state index contributed by atoms with van der Waals surface area (Å²) < 4.78 is 18.7. The zero-order chi connectivity index (χ0) is 31.4. The van der Waals surface area contributed by atoms with Gasteiger partial charge in [0.15, 0.2) is 4.80 Å². The number of benzene rings is 2. The van der Waals surface area contributed by atoms with Gasteiger partial charge in [-0.1, -0.05) is 74.9 Å². The van der Waals surface area contributed by atoms with Crippen LogP contribution in [0.25, 0.3) is 17.4 Å². The van der Waals surface area contributed by atoms with Crippen molar-refractivity contribution in [2.45, 2.75) is 59.4 Å². The number of nitrogens with zero attached hydrogens (tertiary/aromatic N) is 2. The SMILES string of the molecule is CCCC1=C(C(=O)OCC)[C@H](c2ccc(C(C)C)cc2)n2c(s/c(=C\c3ccc(-c4ccc(C(=O)OCC)cc4)o3)c2=O)=N1. The normalized spacial score (nSPS) is 14.9. The monoisotopic (exact) mass is 612 g/mol. The van der Waals surface area contributed by atoms with E-state index in [2.05, 4.69) is 13.8 Å². The number of carbonyl (C=O) groups is 2. The Bertz CT molecular complexity index is 1870. The van der Waals surface area contributed by atoms with Crippen LogP contribution in [0.15, 0.2) is 86.1 Å². The lowest BCUT2D eigenvalue weighted by Crippen LogP contribution is -2.40. The van der Waals surface area contributed by atoms with Gasteiger partial charge in [0.05, 0.1) is 40.6 Å².